The van der Waals surface area contributed by atoms with Crippen molar-refractivity contribution in [3.8, 4) is 5.75 Å². The molecule has 0 unspecified atom stereocenters. The summed E-state index contributed by atoms with van der Waals surface area (Å²) in [5, 5.41) is 13.0. The number of benzene rings is 2. The Morgan fingerprint density at radius 3 is 2.12 bits per heavy atom. The molecule has 1 saturated carbocycles. The van der Waals surface area contributed by atoms with Crippen LogP contribution in [-0.4, -0.2) is 38.5 Å². The number of phenolic OH excluding ortho intramolecular Hbond substituents is 1. The summed E-state index contributed by atoms with van der Waals surface area (Å²) in [6.07, 6.45) is 0.839. The fourth-order valence-corrected chi connectivity index (χ4v) is 7.69. The molecule has 4 amide bonds. The lowest BCUT2D eigenvalue weighted by atomic mass is 9.56. The molecule has 2 saturated heterocycles. The van der Waals surface area contributed by atoms with Crippen LogP contribution in [-0.2, 0) is 19.2 Å². The Morgan fingerprint density at radius 2 is 1.49 bits per heavy atom. The molecule has 0 bridgehead atoms. The van der Waals surface area contributed by atoms with E-state index in [0.717, 1.165) is 6.07 Å². The summed E-state index contributed by atoms with van der Waals surface area (Å²) in [6.45, 7) is 0. The fourth-order valence-electron chi connectivity index (χ4n) is 6.58. The first-order valence-corrected chi connectivity index (χ1v) is 13.1. The van der Waals surface area contributed by atoms with E-state index in [9.17, 15) is 46.2 Å². The van der Waals surface area contributed by atoms with Crippen LogP contribution < -0.4 is 10.2 Å². The highest BCUT2D eigenvalue weighted by Crippen LogP contribution is 2.66. The number of alkyl halides is 2. The first-order valence-electron chi connectivity index (χ1n) is 12.0. The number of amides is 4. The minimum atomic E-state index is -2.73. The number of rotatable bonds is 2. The second-order valence-electron chi connectivity index (χ2n) is 10.2. The highest BCUT2D eigenvalue weighted by atomic mass is 35.5. The van der Waals surface area contributed by atoms with Crippen molar-refractivity contribution in [2.75, 3.05) is 4.90 Å². The number of halogens is 8. The van der Waals surface area contributed by atoms with Crippen LogP contribution in [0.3, 0.4) is 0 Å². The number of phenols is 1. The van der Waals surface area contributed by atoms with Crippen molar-refractivity contribution in [2.45, 2.75) is 28.5 Å². The van der Waals surface area contributed by atoms with Crippen LogP contribution in [0.4, 0.5) is 27.6 Å². The molecule has 214 valence electrons. The predicted molar refractivity (Wildman–Crippen MR) is 133 cm³/mol. The second-order valence-corrected chi connectivity index (χ2v) is 11.9. The van der Waals surface area contributed by atoms with Crippen LogP contribution in [0.1, 0.15) is 24.3 Å². The fraction of sp³-hybridized carbons (Fsp3) is 0.308. The smallest absolute Gasteiger partial charge is 0.258 e. The van der Waals surface area contributed by atoms with E-state index in [4.69, 9.17) is 34.8 Å². The number of anilines is 1. The predicted octanol–water partition coefficient (Wildman–Crippen LogP) is 4.59. The van der Waals surface area contributed by atoms with Gasteiger partial charge in [0.1, 0.15) is 11.4 Å². The lowest BCUT2D eigenvalue weighted by Gasteiger charge is -2.50. The maximum absolute atomic E-state index is 14.9. The van der Waals surface area contributed by atoms with Gasteiger partial charge >= 0.3 is 0 Å². The molecule has 2 aliphatic carbocycles. The number of nitrogens with zero attached hydrogens (tertiary/aromatic N) is 1. The number of hydrogen-bond donors (Lipinski definition) is 2. The van der Waals surface area contributed by atoms with E-state index in [1.807, 2.05) is 0 Å². The zero-order chi connectivity index (χ0) is 29.9. The number of hydrogen-bond acceptors (Lipinski definition) is 5. The van der Waals surface area contributed by atoms with Gasteiger partial charge in [-0.25, -0.2) is 26.9 Å². The molecule has 7 nitrogen and oxygen atoms in total. The first-order chi connectivity index (χ1) is 19.2. The van der Waals surface area contributed by atoms with Crippen molar-refractivity contribution in [3.63, 3.8) is 0 Å². The Labute approximate surface area is 241 Å². The Hall–Kier alpha value is -3.22. The molecule has 6 atom stereocenters. The van der Waals surface area contributed by atoms with E-state index in [-0.39, 0.29) is 27.5 Å². The summed E-state index contributed by atoms with van der Waals surface area (Å²) < 4.78 is 72.0. The van der Waals surface area contributed by atoms with Gasteiger partial charge < -0.3 is 5.11 Å². The quantitative estimate of drug-likeness (QED) is 0.126. The average Bonchev–Trinajstić information content (AvgIpc) is 3.30. The van der Waals surface area contributed by atoms with E-state index in [1.165, 1.54) is 18.2 Å². The van der Waals surface area contributed by atoms with E-state index >= 15 is 0 Å². The second kappa shape index (κ2) is 8.89. The molecule has 15 heteroatoms. The molecule has 2 aliphatic heterocycles. The van der Waals surface area contributed by atoms with E-state index in [1.54, 1.807) is 0 Å². The number of imide groups is 2. The summed E-state index contributed by atoms with van der Waals surface area (Å²) in [7, 11) is 0. The lowest BCUT2D eigenvalue weighted by molar-refractivity contribution is -0.127. The van der Waals surface area contributed by atoms with E-state index in [0.29, 0.717) is 0 Å². The Balaban J connectivity index is 1.64. The van der Waals surface area contributed by atoms with Crippen molar-refractivity contribution in [2.24, 2.45) is 17.8 Å². The average molecular weight is 636 g/mol. The minimum Gasteiger partial charge on any atom is -0.508 e. The Bertz CT molecular complexity index is 1640. The largest absolute Gasteiger partial charge is 0.508 e. The van der Waals surface area contributed by atoms with Gasteiger partial charge in [-0.05, 0) is 37.0 Å². The standard InChI is InChI=1S/C26H14Cl3F5N2O5/c27-7-1-4-12(37)10(5-7)14-8-2-3-9-13(22(39)35-21(9)38)11(8)6-25(28)23(40)36(24(41)26(14,25)29)20-18(33)16(31)15(30)17(32)19(20)34/h1-2,4-5,9,11,13-14,37H,3,6H2,(H,35,38,39)/t9-,11+,13-,14+,25+,26-/m0/s1. The third-order valence-corrected chi connectivity index (χ3v) is 10.0. The van der Waals surface area contributed by atoms with Gasteiger partial charge in [-0.1, -0.05) is 23.3 Å². The molecule has 2 aromatic carbocycles. The molecule has 6 rings (SSSR count). The molecule has 41 heavy (non-hydrogen) atoms. The van der Waals surface area contributed by atoms with Crippen molar-refractivity contribution < 1.29 is 46.2 Å². The monoisotopic (exact) mass is 634 g/mol. The molecule has 3 fully saturated rings. The summed E-state index contributed by atoms with van der Waals surface area (Å²) in [5.41, 5.74) is -1.86. The van der Waals surface area contributed by atoms with Crippen molar-refractivity contribution in [1.82, 2.24) is 5.32 Å². The maximum atomic E-state index is 14.9. The van der Waals surface area contributed by atoms with Gasteiger partial charge in [-0.2, -0.15) is 0 Å². The summed E-state index contributed by atoms with van der Waals surface area (Å²) >= 11 is 20.0. The molecule has 4 aliphatic rings. The number of fused-ring (bicyclic) bond motifs is 4. The molecule has 2 heterocycles. The van der Waals surface area contributed by atoms with Gasteiger partial charge in [-0.3, -0.25) is 24.5 Å². The SMILES string of the molecule is O=C1NC(=O)[C@H]2CC=C3[C@@H](C[C@@]4(Cl)C(=O)N(c5c(F)c(F)c(F)c(F)c5F)C(=O)[C@@]4(Cl)[C@H]3c3cc(Cl)ccc3O)[C@@H]12. The molecular weight excluding hydrogens is 622 g/mol. The zero-order valence-corrected chi connectivity index (χ0v) is 22.4. The number of allylic oxidation sites excluding steroid dienone is 2. The normalized spacial score (nSPS) is 32.5. The third kappa shape index (κ3) is 3.38. The van der Waals surface area contributed by atoms with Crippen molar-refractivity contribution in [1.29, 1.82) is 0 Å². The van der Waals surface area contributed by atoms with Crippen LogP contribution in [0, 0.1) is 46.8 Å². The first kappa shape index (κ1) is 27.9. The number of carbonyl (C=O) groups excluding carboxylic acids is 4. The zero-order valence-electron chi connectivity index (χ0n) is 20.1. The maximum Gasteiger partial charge on any atom is 0.258 e. The van der Waals surface area contributed by atoms with Gasteiger partial charge in [-0.15, -0.1) is 23.2 Å². The summed E-state index contributed by atoms with van der Waals surface area (Å²) in [5.74, 6) is -22.1. The number of carbonyl (C=O) groups is 4. The third-order valence-electron chi connectivity index (χ3n) is 8.36. The van der Waals surface area contributed by atoms with Crippen molar-refractivity contribution in [3.05, 3.63) is 69.5 Å². The van der Waals surface area contributed by atoms with Gasteiger partial charge in [0.25, 0.3) is 11.8 Å². The highest BCUT2D eigenvalue weighted by molar-refractivity contribution is 6.58. The van der Waals surface area contributed by atoms with Crippen LogP contribution in [0.15, 0.2) is 29.8 Å². The summed E-state index contributed by atoms with van der Waals surface area (Å²) in [6, 6.07) is 3.61. The van der Waals surface area contributed by atoms with Gasteiger partial charge in [0.05, 0.1) is 11.8 Å². The topological polar surface area (TPSA) is 104 Å². The van der Waals surface area contributed by atoms with Gasteiger partial charge in [0, 0.05) is 16.5 Å². The number of aromatic hydroxyl groups is 1. The molecule has 0 spiro atoms. The molecule has 2 aromatic rings. The van der Waals surface area contributed by atoms with Gasteiger partial charge in [0.2, 0.25) is 17.6 Å². The van der Waals surface area contributed by atoms with Crippen LogP contribution in [0.2, 0.25) is 5.02 Å². The van der Waals surface area contributed by atoms with Gasteiger partial charge in [0.15, 0.2) is 33.0 Å². The van der Waals surface area contributed by atoms with Crippen LogP contribution in [0.5, 0.6) is 5.75 Å². The summed E-state index contributed by atoms with van der Waals surface area (Å²) in [4.78, 5) is 47.5. The Morgan fingerprint density at radius 1 is 0.878 bits per heavy atom. The van der Waals surface area contributed by atoms with E-state index < -0.39 is 104 Å². The molecular formula is C26H14Cl3F5N2O5. The number of nitrogens with one attached hydrogen (secondary N) is 1. The lowest BCUT2D eigenvalue weighted by Crippen LogP contribution is -2.60. The van der Waals surface area contributed by atoms with Crippen LogP contribution >= 0.6 is 34.8 Å². The highest BCUT2D eigenvalue weighted by Gasteiger charge is 2.77. The van der Waals surface area contributed by atoms with E-state index in [2.05, 4.69) is 5.32 Å². The molecule has 0 radical (unpaired) electrons. The minimum absolute atomic E-state index is 0.0162. The van der Waals surface area contributed by atoms with Crippen LogP contribution in [0.25, 0.3) is 0 Å². The Kier molecular flexibility index (Phi) is 6.05. The molecule has 2 N–H and O–H groups in total. The molecule has 0 aromatic heterocycles. The van der Waals surface area contributed by atoms with Crippen molar-refractivity contribution >= 4 is 64.1 Å².